The zero-order valence-electron chi connectivity index (χ0n) is 19.2. The van der Waals surface area contributed by atoms with E-state index in [-0.39, 0.29) is 16.9 Å². The average Bonchev–Trinajstić information content (AvgIpc) is 3.23. The third-order valence-corrected chi connectivity index (χ3v) is 5.55. The summed E-state index contributed by atoms with van der Waals surface area (Å²) in [5, 5.41) is 10.9. The number of carbonyl (C=O) groups excluding carboxylic acids is 1. The van der Waals surface area contributed by atoms with Crippen LogP contribution < -0.4 is 10.6 Å². The van der Waals surface area contributed by atoms with Gasteiger partial charge in [-0.1, -0.05) is 63.2 Å². The van der Waals surface area contributed by atoms with Crippen molar-refractivity contribution in [1.29, 1.82) is 0 Å². The summed E-state index contributed by atoms with van der Waals surface area (Å²) in [6.45, 7) is 10.7. The highest BCUT2D eigenvalue weighted by atomic mass is 16.1. The number of anilines is 2. The molecule has 2 aromatic carbocycles. The third kappa shape index (κ3) is 4.49. The molecule has 0 aliphatic heterocycles. The van der Waals surface area contributed by atoms with Crippen LogP contribution in [-0.4, -0.2) is 20.5 Å². The fourth-order valence-corrected chi connectivity index (χ4v) is 3.62. The molecule has 4 rings (SSSR count). The van der Waals surface area contributed by atoms with Crippen molar-refractivity contribution in [2.45, 2.75) is 45.6 Å². The predicted molar refractivity (Wildman–Crippen MR) is 129 cm³/mol. The number of amides is 1. The van der Waals surface area contributed by atoms with Gasteiger partial charge in [-0.2, -0.15) is 9.61 Å². The number of benzene rings is 2. The molecular formula is C26H29N5O. The number of nitrogens with one attached hydrogen (secondary N) is 2. The lowest BCUT2D eigenvalue weighted by Gasteiger charge is -2.28. The van der Waals surface area contributed by atoms with Gasteiger partial charge in [-0.3, -0.25) is 4.79 Å². The number of carbonyl (C=O) groups is 1. The molecule has 2 heterocycles. The Morgan fingerprint density at radius 2 is 1.56 bits per heavy atom. The van der Waals surface area contributed by atoms with Crippen molar-refractivity contribution in [1.82, 2.24) is 14.6 Å². The number of aromatic nitrogens is 3. The van der Waals surface area contributed by atoms with E-state index in [4.69, 9.17) is 0 Å². The second-order valence-corrected chi connectivity index (χ2v) is 9.53. The molecule has 0 fully saturated rings. The van der Waals surface area contributed by atoms with Crippen molar-refractivity contribution in [3.63, 3.8) is 0 Å². The van der Waals surface area contributed by atoms with E-state index in [1.165, 1.54) is 5.56 Å². The van der Waals surface area contributed by atoms with Crippen LogP contribution >= 0.6 is 0 Å². The molecule has 0 saturated carbocycles. The van der Waals surface area contributed by atoms with Crippen LogP contribution in [-0.2, 0) is 11.0 Å². The Balaban J connectivity index is 1.61. The summed E-state index contributed by atoms with van der Waals surface area (Å²) in [5.41, 5.74) is 3.25. The predicted octanol–water partition coefficient (Wildman–Crippen LogP) is 5.63. The van der Waals surface area contributed by atoms with Crippen molar-refractivity contribution in [2.75, 3.05) is 10.6 Å². The molecule has 0 unspecified atom stereocenters. The maximum absolute atomic E-state index is 12.9. The van der Waals surface area contributed by atoms with Gasteiger partial charge in [-0.05, 0) is 42.5 Å². The van der Waals surface area contributed by atoms with Crippen LogP contribution in [0.15, 0.2) is 72.9 Å². The first-order chi connectivity index (χ1) is 15.1. The van der Waals surface area contributed by atoms with E-state index in [1.54, 1.807) is 10.7 Å². The van der Waals surface area contributed by atoms with E-state index in [9.17, 15) is 4.79 Å². The quantitative estimate of drug-likeness (QED) is 0.433. The van der Waals surface area contributed by atoms with Crippen molar-refractivity contribution < 1.29 is 4.79 Å². The largest absolute Gasteiger partial charge is 0.361 e. The summed E-state index contributed by atoms with van der Waals surface area (Å²) in [7, 11) is 0. The Hall–Kier alpha value is -3.67. The minimum absolute atomic E-state index is 0.0374. The van der Waals surface area contributed by atoms with Gasteiger partial charge in [0.25, 0.3) is 5.91 Å². The molecule has 0 saturated heterocycles. The summed E-state index contributed by atoms with van der Waals surface area (Å²) in [6, 6.07) is 21.5. The molecule has 2 aromatic heterocycles. The Labute approximate surface area is 188 Å². The van der Waals surface area contributed by atoms with E-state index < -0.39 is 0 Å². The lowest BCUT2D eigenvalue weighted by atomic mass is 9.87. The third-order valence-electron chi connectivity index (χ3n) is 5.55. The van der Waals surface area contributed by atoms with Gasteiger partial charge in [0, 0.05) is 17.7 Å². The van der Waals surface area contributed by atoms with Gasteiger partial charge in [-0.25, -0.2) is 4.98 Å². The summed E-state index contributed by atoms with van der Waals surface area (Å²) in [4.78, 5) is 17.4. The molecule has 4 aromatic rings. The summed E-state index contributed by atoms with van der Waals surface area (Å²) in [6.07, 6.45) is 1.69. The first-order valence-electron chi connectivity index (χ1n) is 10.7. The van der Waals surface area contributed by atoms with Crippen molar-refractivity contribution in [3.8, 4) is 0 Å². The van der Waals surface area contributed by atoms with Crippen LogP contribution in [0.5, 0.6) is 0 Å². The molecule has 6 nitrogen and oxygen atoms in total. The van der Waals surface area contributed by atoms with Gasteiger partial charge >= 0.3 is 0 Å². The van der Waals surface area contributed by atoms with Crippen LogP contribution in [0.1, 0.15) is 56.1 Å². The van der Waals surface area contributed by atoms with Gasteiger partial charge in [0.05, 0.1) is 11.7 Å². The standard InChI is InChI=1S/C26H29N5O/c1-25(2,3)19-13-11-18(12-14-19)24(32)29-21-17-23(31-22(28-21)15-16-27-31)30-26(4,5)20-9-7-6-8-10-20/h6-17,30H,1-5H3,(H,28,29,32). The summed E-state index contributed by atoms with van der Waals surface area (Å²) < 4.78 is 1.73. The van der Waals surface area contributed by atoms with Crippen LogP contribution in [0, 0.1) is 0 Å². The molecule has 0 bridgehead atoms. The molecule has 0 aliphatic rings. The fraction of sp³-hybridized carbons (Fsp3) is 0.269. The van der Waals surface area contributed by atoms with Crippen molar-refractivity contribution >= 4 is 23.2 Å². The Bertz CT molecular complexity index is 1230. The van der Waals surface area contributed by atoms with E-state index in [1.807, 2.05) is 54.6 Å². The Morgan fingerprint density at radius 1 is 0.875 bits per heavy atom. The van der Waals surface area contributed by atoms with Crippen LogP contribution in [0.4, 0.5) is 11.6 Å². The molecule has 6 heteroatoms. The molecule has 164 valence electrons. The number of rotatable bonds is 5. The molecule has 1 amide bonds. The van der Waals surface area contributed by atoms with Gasteiger partial charge in [-0.15, -0.1) is 0 Å². The highest BCUT2D eigenvalue weighted by molar-refractivity contribution is 6.04. The van der Waals surface area contributed by atoms with Crippen molar-refractivity contribution in [3.05, 3.63) is 89.6 Å². The zero-order chi connectivity index (χ0) is 22.9. The smallest absolute Gasteiger partial charge is 0.256 e. The zero-order valence-corrected chi connectivity index (χ0v) is 19.2. The topological polar surface area (TPSA) is 71.3 Å². The molecule has 0 radical (unpaired) electrons. The van der Waals surface area contributed by atoms with E-state index in [2.05, 4.69) is 67.5 Å². The number of fused-ring (bicyclic) bond motifs is 1. The first kappa shape index (κ1) is 21.6. The Morgan fingerprint density at radius 3 is 2.22 bits per heavy atom. The highest BCUT2D eigenvalue weighted by Crippen LogP contribution is 2.27. The van der Waals surface area contributed by atoms with Gasteiger partial charge in [0.15, 0.2) is 5.65 Å². The van der Waals surface area contributed by atoms with Gasteiger partial charge < -0.3 is 10.6 Å². The molecular weight excluding hydrogens is 398 g/mol. The lowest BCUT2D eigenvalue weighted by molar-refractivity contribution is 0.102. The minimum Gasteiger partial charge on any atom is -0.361 e. The van der Waals surface area contributed by atoms with Crippen molar-refractivity contribution in [2.24, 2.45) is 0 Å². The van der Waals surface area contributed by atoms with Crippen LogP contribution in [0.2, 0.25) is 0 Å². The summed E-state index contributed by atoms with van der Waals surface area (Å²) in [5.74, 6) is 1.01. The fourth-order valence-electron chi connectivity index (χ4n) is 3.62. The number of nitrogens with zero attached hydrogens (tertiary/aromatic N) is 3. The average molecular weight is 428 g/mol. The van der Waals surface area contributed by atoms with Crippen LogP contribution in [0.3, 0.4) is 0 Å². The molecule has 0 aliphatic carbocycles. The molecule has 0 atom stereocenters. The van der Waals surface area contributed by atoms with E-state index in [0.717, 1.165) is 11.4 Å². The molecule has 0 spiro atoms. The van der Waals surface area contributed by atoms with Crippen LogP contribution in [0.25, 0.3) is 5.65 Å². The van der Waals surface area contributed by atoms with E-state index in [0.29, 0.717) is 17.0 Å². The SMILES string of the molecule is CC(C)(C)c1ccc(C(=O)Nc2cc(NC(C)(C)c3ccccc3)n3nccc3n2)cc1. The number of hydrogen-bond donors (Lipinski definition) is 2. The summed E-state index contributed by atoms with van der Waals surface area (Å²) >= 11 is 0. The van der Waals surface area contributed by atoms with E-state index >= 15 is 0 Å². The second kappa shape index (κ2) is 8.11. The monoisotopic (exact) mass is 427 g/mol. The maximum atomic E-state index is 12.9. The number of hydrogen-bond acceptors (Lipinski definition) is 4. The molecule has 32 heavy (non-hydrogen) atoms. The minimum atomic E-state index is -0.356. The first-order valence-corrected chi connectivity index (χ1v) is 10.7. The lowest BCUT2D eigenvalue weighted by Crippen LogP contribution is -2.29. The Kier molecular flexibility index (Phi) is 5.46. The maximum Gasteiger partial charge on any atom is 0.256 e. The normalized spacial score (nSPS) is 12.0. The highest BCUT2D eigenvalue weighted by Gasteiger charge is 2.22. The van der Waals surface area contributed by atoms with Gasteiger partial charge in [0.2, 0.25) is 0 Å². The molecule has 2 N–H and O–H groups in total. The van der Waals surface area contributed by atoms with Gasteiger partial charge in [0.1, 0.15) is 11.6 Å². The second-order valence-electron chi connectivity index (χ2n) is 9.53.